The Labute approximate surface area is 256 Å². The van der Waals surface area contributed by atoms with Crippen LogP contribution in [0.1, 0.15) is 39.6 Å². The van der Waals surface area contributed by atoms with Gasteiger partial charge in [0.05, 0.1) is 19.9 Å². The van der Waals surface area contributed by atoms with Crippen LogP contribution in [0, 0.1) is 5.92 Å². The summed E-state index contributed by atoms with van der Waals surface area (Å²) in [5.41, 5.74) is 1.73. The van der Waals surface area contributed by atoms with Crippen LogP contribution in [0.15, 0.2) is 77.9 Å². The summed E-state index contributed by atoms with van der Waals surface area (Å²) < 4.78 is 9.81. The number of nitrogen functional groups attached to an aromatic ring is 1. The Morgan fingerprint density at radius 3 is 1.51 bits per heavy atom. The first-order chi connectivity index (χ1) is 21.2. The molecule has 0 saturated carbocycles. The van der Waals surface area contributed by atoms with E-state index in [4.69, 9.17) is 15.2 Å². The minimum Gasteiger partial charge on any atom is -0.497 e. The second-order valence-corrected chi connectivity index (χ2v) is 9.91. The second-order valence-electron chi connectivity index (χ2n) is 9.91. The lowest BCUT2D eigenvalue weighted by atomic mass is 9.73. The molecule has 0 radical (unpaired) electrons. The number of hydrogen-bond acceptors (Lipinski definition) is 11. The number of nitrogens with two attached hydrogens (primary N) is 1. The van der Waals surface area contributed by atoms with Crippen LogP contribution in [-0.2, 0) is 14.4 Å². The van der Waals surface area contributed by atoms with Crippen molar-refractivity contribution in [3.05, 3.63) is 89.5 Å². The van der Waals surface area contributed by atoms with Crippen LogP contribution >= 0.6 is 0 Å². The molecule has 0 aliphatic carbocycles. The fourth-order valence-electron chi connectivity index (χ4n) is 4.39. The Hall–Kier alpha value is -5.60. The highest BCUT2D eigenvalue weighted by atomic mass is 16.5. The molecular formula is C31H31N3O11. The van der Waals surface area contributed by atoms with Gasteiger partial charge in [0.15, 0.2) is 0 Å². The van der Waals surface area contributed by atoms with Crippen LogP contribution < -0.4 is 20.6 Å². The summed E-state index contributed by atoms with van der Waals surface area (Å²) >= 11 is 0. The molecule has 236 valence electrons. The van der Waals surface area contributed by atoms with Crippen LogP contribution in [0.4, 0.5) is 5.69 Å². The van der Waals surface area contributed by atoms with Crippen molar-refractivity contribution in [3.8, 4) is 11.5 Å². The monoisotopic (exact) mass is 621 g/mol. The number of amides is 1. The van der Waals surface area contributed by atoms with E-state index in [0.29, 0.717) is 6.42 Å². The molecule has 4 rings (SSSR count). The van der Waals surface area contributed by atoms with E-state index >= 15 is 0 Å². The molecule has 3 aromatic rings. The molecule has 7 N–H and O–H groups in total. The van der Waals surface area contributed by atoms with Crippen molar-refractivity contribution < 1.29 is 53.9 Å². The van der Waals surface area contributed by atoms with Crippen molar-refractivity contribution >= 4 is 40.8 Å². The maximum Gasteiger partial charge on any atom is 0.348 e. The van der Waals surface area contributed by atoms with Crippen LogP contribution in [0.3, 0.4) is 0 Å². The number of carboxylic acids is 2. The highest BCUT2D eigenvalue weighted by molar-refractivity contribution is 6.28. The topological polar surface area (TPSA) is 235 Å². The predicted octanol–water partition coefficient (Wildman–Crippen LogP) is 1.53. The molecular weight excluding hydrogens is 590 g/mol. The van der Waals surface area contributed by atoms with Crippen molar-refractivity contribution in [1.82, 2.24) is 5.43 Å². The number of ketones is 2. The van der Waals surface area contributed by atoms with E-state index in [1.807, 2.05) is 31.2 Å². The summed E-state index contributed by atoms with van der Waals surface area (Å²) in [7, 11) is 2.67. The number of nitrogens with one attached hydrogen (secondary N) is 1. The van der Waals surface area contributed by atoms with Gasteiger partial charge in [-0.1, -0.05) is 19.1 Å². The average Bonchev–Trinajstić information content (AvgIpc) is 3.04. The van der Waals surface area contributed by atoms with Crippen LogP contribution in [0.25, 0.3) is 0 Å². The van der Waals surface area contributed by atoms with Gasteiger partial charge >= 0.3 is 11.9 Å². The Kier molecular flexibility index (Phi) is 10.4. The zero-order valence-corrected chi connectivity index (χ0v) is 24.4. The van der Waals surface area contributed by atoms with Gasteiger partial charge in [-0.05, 0) is 66.2 Å². The van der Waals surface area contributed by atoms with E-state index in [-0.39, 0.29) is 23.3 Å². The van der Waals surface area contributed by atoms with E-state index in [0.717, 1.165) is 41.2 Å². The number of aliphatic carboxylic acids is 2. The van der Waals surface area contributed by atoms with E-state index in [2.05, 4.69) is 10.5 Å². The Balaban J connectivity index is 0.000000305. The smallest absolute Gasteiger partial charge is 0.348 e. The van der Waals surface area contributed by atoms with E-state index in [1.165, 1.54) is 38.5 Å². The zero-order chi connectivity index (χ0) is 33.5. The Morgan fingerprint density at radius 1 is 0.778 bits per heavy atom. The third kappa shape index (κ3) is 6.82. The molecule has 14 nitrogen and oxygen atoms in total. The van der Waals surface area contributed by atoms with Crippen LogP contribution in [0.2, 0.25) is 0 Å². The van der Waals surface area contributed by atoms with Crippen molar-refractivity contribution in [1.29, 1.82) is 0 Å². The molecule has 14 heteroatoms. The van der Waals surface area contributed by atoms with Crippen molar-refractivity contribution in [2.75, 3.05) is 20.0 Å². The SMILES string of the molecule is CC1CC(=O)NN=C1c1ccc(N)cc1.COc1ccc(C(=O)[C@@](O)(C(=O)O)[C@](O)(C(=O)O)C(=O)c2ccc(OC)cc2)cc1. The highest BCUT2D eigenvalue weighted by Gasteiger charge is 2.69. The van der Waals surface area contributed by atoms with Gasteiger partial charge in [-0.15, -0.1) is 0 Å². The largest absolute Gasteiger partial charge is 0.497 e. The lowest BCUT2D eigenvalue weighted by molar-refractivity contribution is -0.187. The molecule has 1 heterocycles. The minimum atomic E-state index is -4.04. The Bertz CT molecular complexity index is 1540. The first-order valence-corrected chi connectivity index (χ1v) is 13.2. The molecule has 0 spiro atoms. The lowest BCUT2D eigenvalue weighted by Crippen LogP contribution is -2.71. The lowest BCUT2D eigenvalue weighted by Gasteiger charge is -2.34. The highest BCUT2D eigenvalue weighted by Crippen LogP contribution is 2.32. The fraction of sp³-hybridized carbons (Fsp3) is 0.226. The quantitative estimate of drug-likeness (QED) is 0.107. The number of anilines is 1. The number of aliphatic hydroxyl groups is 2. The van der Waals surface area contributed by atoms with E-state index in [1.54, 1.807) is 0 Å². The van der Waals surface area contributed by atoms with Gasteiger partial charge < -0.3 is 35.6 Å². The normalized spacial score (nSPS) is 16.7. The summed E-state index contributed by atoms with van der Waals surface area (Å²) in [5.74, 6) is -7.55. The van der Waals surface area contributed by atoms with E-state index < -0.39 is 45.8 Å². The molecule has 3 atom stereocenters. The van der Waals surface area contributed by atoms with Crippen molar-refractivity contribution in [2.45, 2.75) is 24.5 Å². The van der Waals surface area contributed by atoms with Gasteiger partial charge in [-0.2, -0.15) is 5.10 Å². The molecule has 3 aromatic carbocycles. The maximum atomic E-state index is 12.8. The number of hydrogen-bond donors (Lipinski definition) is 6. The van der Waals surface area contributed by atoms with Gasteiger partial charge in [0.1, 0.15) is 11.5 Å². The zero-order valence-electron chi connectivity index (χ0n) is 24.4. The Morgan fingerprint density at radius 2 is 1.18 bits per heavy atom. The third-order valence-corrected chi connectivity index (χ3v) is 6.97. The second kappa shape index (κ2) is 13.8. The summed E-state index contributed by atoms with van der Waals surface area (Å²) in [6.45, 7) is 1.99. The minimum absolute atomic E-state index is 0.0262. The fourth-order valence-corrected chi connectivity index (χ4v) is 4.39. The molecule has 0 fully saturated rings. The van der Waals surface area contributed by atoms with Crippen LogP contribution in [0.5, 0.6) is 11.5 Å². The summed E-state index contributed by atoms with van der Waals surface area (Å²) in [6, 6.07) is 16.7. The number of ether oxygens (including phenoxy) is 2. The number of benzene rings is 3. The number of carbonyl (C=O) groups is 5. The standard InChI is InChI=1S/C20H18O10.C11H13N3O/c1-29-13-7-3-11(4-8-13)15(21)19(27,17(23)24)20(28,18(25)26)16(22)12-5-9-14(30-2)10-6-12;1-7-6-10(15)13-14-11(7)8-2-4-9(12)5-3-8/h3-10,27-28H,1-2H3,(H,23,24)(H,25,26);2-5,7H,6,12H2,1H3,(H,13,15)/t19-,20-;/m1./s1. The maximum absolute atomic E-state index is 12.8. The first kappa shape index (κ1) is 33.9. The number of nitrogens with zero attached hydrogens (tertiary/aromatic N) is 1. The van der Waals surface area contributed by atoms with Gasteiger partial charge in [-0.3, -0.25) is 14.4 Å². The number of carbonyl (C=O) groups excluding carboxylic acids is 3. The summed E-state index contributed by atoms with van der Waals surface area (Å²) in [6.07, 6.45) is 0.489. The molecule has 1 aliphatic heterocycles. The summed E-state index contributed by atoms with van der Waals surface area (Å²) in [5, 5.41) is 44.5. The van der Waals surface area contributed by atoms with Crippen molar-refractivity contribution in [2.24, 2.45) is 11.0 Å². The number of carboxylic acid groups (broad SMARTS) is 2. The number of methoxy groups -OCH3 is 2. The molecule has 0 bridgehead atoms. The predicted molar refractivity (Wildman–Crippen MR) is 159 cm³/mol. The molecule has 1 amide bonds. The molecule has 0 saturated heterocycles. The molecule has 0 aromatic heterocycles. The third-order valence-electron chi connectivity index (χ3n) is 6.97. The van der Waals surface area contributed by atoms with Crippen molar-refractivity contribution in [3.63, 3.8) is 0 Å². The van der Waals surface area contributed by atoms with Gasteiger partial charge in [0.25, 0.3) is 11.2 Å². The van der Waals surface area contributed by atoms with Gasteiger partial charge in [0.2, 0.25) is 17.5 Å². The summed E-state index contributed by atoms with van der Waals surface area (Å²) in [4.78, 5) is 60.4. The molecule has 1 unspecified atom stereocenters. The molecule has 1 aliphatic rings. The number of hydrazone groups is 1. The van der Waals surface area contributed by atoms with E-state index in [9.17, 15) is 44.4 Å². The number of rotatable bonds is 10. The average molecular weight is 622 g/mol. The van der Waals surface area contributed by atoms with Crippen LogP contribution in [-0.4, -0.2) is 81.0 Å². The number of Topliss-reactive ketones (excluding diaryl/α,β-unsaturated/α-hetero) is 2. The molecule has 45 heavy (non-hydrogen) atoms. The van der Waals surface area contributed by atoms with Gasteiger partial charge in [0, 0.05) is 29.2 Å². The first-order valence-electron chi connectivity index (χ1n) is 13.2. The van der Waals surface area contributed by atoms with Gasteiger partial charge in [-0.25, -0.2) is 15.0 Å².